The van der Waals surface area contributed by atoms with E-state index in [9.17, 15) is 9.18 Å². The number of ether oxygens (including phenoxy) is 1. The summed E-state index contributed by atoms with van der Waals surface area (Å²) in [7, 11) is 0. The largest absolute Gasteiger partial charge is 0.462 e. The molecule has 0 radical (unpaired) electrons. The van der Waals surface area contributed by atoms with E-state index in [0.29, 0.717) is 3.57 Å². The number of esters is 1. The van der Waals surface area contributed by atoms with E-state index in [2.05, 4.69) is 4.74 Å². The van der Waals surface area contributed by atoms with E-state index in [0.717, 1.165) is 0 Å². The first kappa shape index (κ1) is 11.7. The molecule has 1 aromatic carbocycles. The third-order valence-corrected chi connectivity index (χ3v) is 3.12. The molecule has 2 nitrogen and oxygen atoms in total. The fraction of sp³-hybridized carbons (Fsp3) is 0.222. The van der Waals surface area contributed by atoms with E-state index in [1.54, 1.807) is 13.0 Å². The van der Waals surface area contributed by atoms with Crippen LogP contribution in [0, 0.1) is 9.39 Å². The highest BCUT2D eigenvalue weighted by atomic mass is 127. The van der Waals surface area contributed by atoms with Gasteiger partial charge in [-0.15, -0.1) is 0 Å². The molecule has 0 N–H and O–H groups in total. The van der Waals surface area contributed by atoms with Gasteiger partial charge in [0.15, 0.2) is 5.82 Å². The number of carbonyl (C=O) groups is 1. The van der Waals surface area contributed by atoms with E-state index in [4.69, 9.17) is 11.6 Å². The molecule has 0 saturated carbocycles. The van der Waals surface area contributed by atoms with Crippen LogP contribution in [0.15, 0.2) is 12.1 Å². The molecule has 1 rings (SSSR count). The van der Waals surface area contributed by atoms with Crippen LogP contribution in [-0.4, -0.2) is 12.6 Å². The second kappa shape index (κ2) is 4.93. The summed E-state index contributed by atoms with van der Waals surface area (Å²) in [6.07, 6.45) is 0. The highest BCUT2D eigenvalue weighted by molar-refractivity contribution is 14.1. The van der Waals surface area contributed by atoms with Gasteiger partial charge >= 0.3 is 5.97 Å². The van der Waals surface area contributed by atoms with Crippen molar-refractivity contribution in [3.8, 4) is 0 Å². The van der Waals surface area contributed by atoms with Gasteiger partial charge in [-0.3, -0.25) is 0 Å². The number of hydrogen-bond donors (Lipinski definition) is 0. The van der Waals surface area contributed by atoms with Crippen LogP contribution >= 0.6 is 34.2 Å². The minimum absolute atomic E-state index is 0.0452. The van der Waals surface area contributed by atoms with Crippen LogP contribution in [0.5, 0.6) is 0 Å². The molecule has 0 fully saturated rings. The molecule has 1 aromatic rings. The standard InChI is InChI=1S/C9H7ClFIO2/c1-2-14-9(13)5-3-4-6(12)7(10)8(5)11/h3-4H,2H2,1H3. The van der Waals surface area contributed by atoms with E-state index < -0.39 is 11.8 Å². The van der Waals surface area contributed by atoms with Crippen molar-refractivity contribution < 1.29 is 13.9 Å². The summed E-state index contributed by atoms with van der Waals surface area (Å²) < 4.78 is 18.6. The molecule has 0 aliphatic heterocycles. The number of hydrogen-bond acceptors (Lipinski definition) is 2. The Morgan fingerprint density at radius 3 is 2.86 bits per heavy atom. The van der Waals surface area contributed by atoms with Crippen LogP contribution < -0.4 is 0 Å². The predicted octanol–water partition coefficient (Wildman–Crippen LogP) is 3.26. The minimum Gasteiger partial charge on any atom is -0.462 e. The van der Waals surface area contributed by atoms with E-state index in [1.807, 2.05) is 22.6 Å². The summed E-state index contributed by atoms with van der Waals surface area (Å²) >= 11 is 7.52. The molecular formula is C9H7ClFIO2. The smallest absolute Gasteiger partial charge is 0.341 e. The molecule has 0 aliphatic rings. The first-order valence-corrected chi connectivity index (χ1v) is 5.34. The third kappa shape index (κ3) is 2.36. The summed E-state index contributed by atoms with van der Waals surface area (Å²) in [5.41, 5.74) is -0.128. The Hall–Kier alpha value is -0.360. The molecule has 0 bridgehead atoms. The number of benzene rings is 1. The maximum absolute atomic E-state index is 13.4. The normalized spacial score (nSPS) is 10.0. The number of halogens is 3. The van der Waals surface area contributed by atoms with Crippen LogP contribution in [0.4, 0.5) is 4.39 Å². The Labute approximate surface area is 99.5 Å². The summed E-state index contributed by atoms with van der Waals surface area (Å²) in [6, 6.07) is 2.93. The molecule has 14 heavy (non-hydrogen) atoms. The van der Waals surface area contributed by atoms with Gasteiger partial charge in [-0.1, -0.05) is 11.6 Å². The predicted molar refractivity (Wildman–Crippen MR) is 60.1 cm³/mol. The lowest BCUT2D eigenvalue weighted by Gasteiger charge is -2.05. The highest BCUT2D eigenvalue weighted by Crippen LogP contribution is 2.24. The topological polar surface area (TPSA) is 26.3 Å². The molecule has 0 aromatic heterocycles. The van der Waals surface area contributed by atoms with Crippen LogP contribution in [0.1, 0.15) is 17.3 Å². The zero-order chi connectivity index (χ0) is 10.7. The fourth-order valence-corrected chi connectivity index (χ4v) is 1.47. The molecule has 0 atom stereocenters. The second-order valence-electron chi connectivity index (χ2n) is 2.44. The van der Waals surface area contributed by atoms with Gasteiger partial charge in [-0.05, 0) is 41.6 Å². The second-order valence-corrected chi connectivity index (χ2v) is 3.98. The van der Waals surface area contributed by atoms with Gasteiger partial charge in [-0.2, -0.15) is 0 Å². The quantitative estimate of drug-likeness (QED) is 0.473. The summed E-state index contributed by atoms with van der Waals surface area (Å²) in [6.45, 7) is 1.87. The van der Waals surface area contributed by atoms with Crippen molar-refractivity contribution in [2.45, 2.75) is 6.92 Å². The zero-order valence-corrected chi connectivity index (χ0v) is 10.2. The summed E-state index contributed by atoms with van der Waals surface area (Å²) in [4.78, 5) is 11.2. The molecule has 0 heterocycles. The molecule has 0 amide bonds. The molecule has 0 saturated heterocycles. The molecule has 0 spiro atoms. The lowest BCUT2D eigenvalue weighted by atomic mass is 10.2. The maximum Gasteiger partial charge on any atom is 0.341 e. The Kier molecular flexibility index (Phi) is 4.12. The maximum atomic E-state index is 13.4. The minimum atomic E-state index is -0.725. The average Bonchev–Trinajstić information content (AvgIpc) is 2.15. The van der Waals surface area contributed by atoms with Gasteiger partial charge < -0.3 is 4.74 Å². The zero-order valence-electron chi connectivity index (χ0n) is 7.31. The van der Waals surface area contributed by atoms with Crippen molar-refractivity contribution in [2.24, 2.45) is 0 Å². The Morgan fingerprint density at radius 2 is 2.29 bits per heavy atom. The fourth-order valence-electron chi connectivity index (χ4n) is 0.892. The Bertz CT molecular complexity index is 368. The van der Waals surface area contributed by atoms with Crippen molar-refractivity contribution in [1.29, 1.82) is 0 Å². The lowest BCUT2D eigenvalue weighted by molar-refractivity contribution is 0.0521. The molecular weight excluding hydrogens is 321 g/mol. The van der Waals surface area contributed by atoms with E-state index in [1.165, 1.54) is 6.07 Å². The van der Waals surface area contributed by atoms with Crippen LogP contribution in [0.25, 0.3) is 0 Å². The third-order valence-electron chi connectivity index (χ3n) is 1.53. The number of carbonyl (C=O) groups excluding carboxylic acids is 1. The van der Waals surface area contributed by atoms with Gasteiger partial charge in [0, 0.05) is 3.57 Å². The van der Waals surface area contributed by atoms with Crippen LogP contribution in [0.2, 0.25) is 5.02 Å². The van der Waals surface area contributed by atoms with Crippen molar-refractivity contribution in [3.63, 3.8) is 0 Å². The van der Waals surface area contributed by atoms with Crippen molar-refractivity contribution in [1.82, 2.24) is 0 Å². The van der Waals surface area contributed by atoms with Gasteiger partial charge in [0.05, 0.1) is 17.2 Å². The summed E-state index contributed by atoms with van der Waals surface area (Å²) in [5, 5.41) is -0.0452. The number of rotatable bonds is 2. The first-order valence-electron chi connectivity index (χ1n) is 3.88. The molecule has 0 unspecified atom stereocenters. The SMILES string of the molecule is CCOC(=O)c1ccc(I)c(Cl)c1F. The molecule has 0 aliphatic carbocycles. The van der Waals surface area contributed by atoms with Gasteiger partial charge in [0.2, 0.25) is 0 Å². The average molecular weight is 329 g/mol. The van der Waals surface area contributed by atoms with Crippen molar-refractivity contribution >= 4 is 40.2 Å². The Balaban J connectivity index is 3.11. The monoisotopic (exact) mass is 328 g/mol. The van der Waals surface area contributed by atoms with E-state index >= 15 is 0 Å². The van der Waals surface area contributed by atoms with Gasteiger partial charge in [-0.25, -0.2) is 9.18 Å². The van der Waals surface area contributed by atoms with E-state index in [-0.39, 0.29) is 17.2 Å². The van der Waals surface area contributed by atoms with Gasteiger partial charge in [0.25, 0.3) is 0 Å². The van der Waals surface area contributed by atoms with Crippen molar-refractivity contribution in [2.75, 3.05) is 6.61 Å². The van der Waals surface area contributed by atoms with Crippen molar-refractivity contribution in [3.05, 3.63) is 32.1 Å². The Morgan fingerprint density at radius 1 is 1.64 bits per heavy atom. The van der Waals surface area contributed by atoms with Crippen LogP contribution in [-0.2, 0) is 4.74 Å². The molecule has 5 heteroatoms. The van der Waals surface area contributed by atoms with Gasteiger partial charge in [0.1, 0.15) is 0 Å². The first-order chi connectivity index (χ1) is 6.57. The highest BCUT2D eigenvalue weighted by Gasteiger charge is 2.16. The van der Waals surface area contributed by atoms with Crippen LogP contribution in [0.3, 0.4) is 0 Å². The lowest BCUT2D eigenvalue weighted by Crippen LogP contribution is -2.07. The summed E-state index contributed by atoms with van der Waals surface area (Å²) in [5.74, 6) is -1.42. The molecule has 76 valence electrons.